The van der Waals surface area contributed by atoms with Crippen LogP contribution in [0, 0.1) is 13.8 Å². The van der Waals surface area contributed by atoms with E-state index in [1.54, 1.807) is 0 Å². The van der Waals surface area contributed by atoms with Gasteiger partial charge >= 0.3 is 0 Å². The molecule has 0 spiro atoms. The Hall–Kier alpha value is -2.96. The molecule has 0 radical (unpaired) electrons. The minimum absolute atomic E-state index is 0.131. The lowest BCUT2D eigenvalue weighted by molar-refractivity contribution is -0.116. The van der Waals surface area contributed by atoms with Crippen LogP contribution in [0.5, 0.6) is 0 Å². The van der Waals surface area contributed by atoms with Gasteiger partial charge in [0, 0.05) is 18.4 Å². The van der Waals surface area contributed by atoms with E-state index in [9.17, 15) is 4.79 Å². The van der Waals surface area contributed by atoms with Gasteiger partial charge in [-0.2, -0.15) is 4.98 Å². The number of anilines is 1. The van der Waals surface area contributed by atoms with Crippen molar-refractivity contribution in [2.24, 2.45) is 0 Å². The fraction of sp³-hybridized carbons (Fsp3) is 0.333. The molecule has 0 aliphatic rings. The molecule has 3 aromatic rings. The predicted molar refractivity (Wildman–Crippen MR) is 93.2 cm³/mol. The van der Waals surface area contributed by atoms with Gasteiger partial charge < -0.3 is 4.52 Å². The number of aromatic nitrogens is 4. The van der Waals surface area contributed by atoms with Crippen molar-refractivity contribution in [1.82, 2.24) is 20.3 Å². The number of rotatable bonds is 7. The largest absolute Gasteiger partial charge is 0.361 e. The molecule has 3 rings (SSSR count). The van der Waals surface area contributed by atoms with Crippen LogP contribution in [0.2, 0.25) is 0 Å². The van der Waals surface area contributed by atoms with Gasteiger partial charge in [-0.15, -0.1) is 5.10 Å². The van der Waals surface area contributed by atoms with Gasteiger partial charge in [0.2, 0.25) is 11.9 Å². The fourth-order valence-electron chi connectivity index (χ4n) is 2.65. The minimum Gasteiger partial charge on any atom is -0.361 e. The number of H-pyrrole nitrogens is 1. The lowest BCUT2D eigenvalue weighted by Crippen LogP contribution is -2.13. The van der Waals surface area contributed by atoms with Crippen molar-refractivity contribution in [2.45, 2.75) is 39.5 Å². The fourth-order valence-corrected chi connectivity index (χ4v) is 2.65. The van der Waals surface area contributed by atoms with Gasteiger partial charge in [0.1, 0.15) is 11.6 Å². The SMILES string of the molecule is Cc1noc(C)c1CCC(=O)Nc1n[nH]c(CCc2ccccc2)n1. The maximum atomic E-state index is 12.1. The smallest absolute Gasteiger partial charge is 0.248 e. The monoisotopic (exact) mass is 339 g/mol. The third kappa shape index (κ3) is 4.53. The second-order valence-electron chi connectivity index (χ2n) is 5.94. The number of amides is 1. The van der Waals surface area contributed by atoms with Crippen molar-refractivity contribution < 1.29 is 9.32 Å². The summed E-state index contributed by atoms with van der Waals surface area (Å²) >= 11 is 0. The zero-order chi connectivity index (χ0) is 17.6. The van der Waals surface area contributed by atoms with Crippen LogP contribution in [0.3, 0.4) is 0 Å². The van der Waals surface area contributed by atoms with Gasteiger partial charge in [0.15, 0.2) is 0 Å². The Labute approximate surface area is 145 Å². The van der Waals surface area contributed by atoms with Gasteiger partial charge in [0.25, 0.3) is 0 Å². The predicted octanol–water partition coefficient (Wildman–Crippen LogP) is 2.77. The van der Waals surface area contributed by atoms with E-state index in [-0.39, 0.29) is 5.91 Å². The summed E-state index contributed by atoms with van der Waals surface area (Å²) in [6.45, 7) is 3.72. The molecule has 0 bridgehead atoms. The first-order valence-corrected chi connectivity index (χ1v) is 8.28. The molecule has 0 aliphatic heterocycles. The lowest BCUT2D eigenvalue weighted by Gasteiger charge is -2.01. The third-order valence-electron chi connectivity index (χ3n) is 4.06. The highest BCUT2D eigenvalue weighted by Gasteiger charge is 2.12. The standard InChI is InChI=1S/C18H21N5O2/c1-12-15(13(2)25-23-12)9-11-17(24)20-18-19-16(21-22-18)10-8-14-6-4-3-5-7-14/h3-7H,8-11H2,1-2H3,(H2,19,20,21,22,24). The number of hydrogen-bond acceptors (Lipinski definition) is 5. The van der Waals surface area contributed by atoms with Crippen molar-refractivity contribution in [3.8, 4) is 0 Å². The molecule has 0 unspecified atom stereocenters. The van der Waals surface area contributed by atoms with E-state index in [0.717, 1.165) is 35.7 Å². The van der Waals surface area contributed by atoms with Gasteiger partial charge in [-0.25, -0.2) is 0 Å². The van der Waals surface area contributed by atoms with Crippen LogP contribution in [0.25, 0.3) is 0 Å². The van der Waals surface area contributed by atoms with E-state index in [0.29, 0.717) is 18.8 Å². The number of nitrogens with one attached hydrogen (secondary N) is 2. The van der Waals surface area contributed by atoms with Gasteiger partial charge in [-0.3, -0.25) is 15.2 Å². The zero-order valence-corrected chi connectivity index (χ0v) is 14.4. The third-order valence-corrected chi connectivity index (χ3v) is 4.06. The number of benzene rings is 1. The molecule has 0 saturated heterocycles. The summed E-state index contributed by atoms with van der Waals surface area (Å²) in [6, 6.07) is 10.2. The van der Waals surface area contributed by atoms with Crippen LogP contribution < -0.4 is 5.32 Å². The van der Waals surface area contributed by atoms with Crippen LogP contribution in [0.15, 0.2) is 34.9 Å². The molecule has 7 nitrogen and oxygen atoms in total. The van der Waals surface area contributed by atoms with Crippen molar-refractivity contribution >= 4 is 11.9 Å². The first kappa shape index (κ1) is 16.9. The van der Waals surface area contributed by atoms with E-state index in [1.165, 1.54) is 5.56 Å². The van der Waals surface area contributed by atoms with Crippen LogP contribution in [0.4, 0.5) is 5.95 Å². The Kier molecular flexibility index (Phi) is 5.23. The van der Waals surface area contributed by atoms with Gasteiger partial charge in [-0.1, -0.05) is 35.5 Å². The summed E-state index contributed by atoms with van der Waals surface area (Å²) in [6.07, 6.45) is 2.52. The summed E-state index contributed by atoms with van der Waals surface area (Å²) < 4.78 is 5.10. The number of aromatic amines is 1. The molecule has 0 fully saturated rings. The summed E-state index contributed by atoms with van der Waals surface area (Å²) in [7, 11) is 0. The number of carbonyl (C=O) groups excluding carboxylic acids is 1. The maximum absolute atomic E-state index is 12.1. The van der Waals surface area contributed by atoms with Crippen molar-refractivity contribution in [3.05, 3.63) is 58.7 Å². The summed E-state index contributed by atoms with van der Waals surface area (Å²) in [5.74, 6) is 1.69. The van der Waals surface area contributed by atoms with Crippen molar-refractivity contribution in [1.29, 1.82) is 0 Å². The highest BCUT2D eigenvalue weighted by Crippen LogP contribution is 2.14. The second kappa shape index (κ2) is 7.74. The summed E-state index contributed by atoms with van der Waals surface area (Å²) in [5.41, 5.74) is 3.05. The average Bonchev–Trinajstić information content (AvgIpc) is 3.19. The second-order valence-corrected chi connectivity index (χ2v) is 5.94. The molecule has 25 heavy (non-hydrogen) atoms. The normalized spacial score (nSPS) is 10.8. The molecular weight excluding hydrogens is 318 g/mol. The van der Waals surface area contributed by atoms with E-state index in [4.69, 9.17) is 4.52 Å². The number of hydrogen-bond donors (Lipinski definition) is 2. The molecule has 1 amide bonds. The molecule has 7 heteroatoms. The first-order valence-electron chi connectivity index (χ1n) is 8.28. The van der Waals surface area contributed by atoms with Crippen LogP contribution in [-0.2, 0) is 24.1 Å². The Bertz CT molecular complexity index is 819. The van der Waals surface area contributed by atoms with E-state index < -0.39 is 0 Å². The Morgan fingerprint density at radius 2 is 1.96 bits per heavy atom. The molecule has 0 aliphatic carbocycles. The highest BCUT2D eigenvalue weighted by atomic mass is 16.5. The Balaban J connectivity index is 1.48. The lowest BCUT2D eigenvalue weighted by atomic mass is 10.1. The number of nitrogens with zero attached hydrogens (tertiary/aromatic N) is 3. The molecule has 0 saturated carbocycles. The van der Waals surface area contributed by atoms with E-state index in [2.05, 4.69) is 37.8 Å². The minimum atomic E-state index is -0.131. The summed E-state index contributed by atoms with van der Waals surface area (Å²) in [4.78, 5) is 16.4. The number of aryl methyl sites for hydroxylation is 4. The van der Waals surface area contributed by atoms with E-state index in [1.807, 2.05) is 32.0 Å². The Morgan fingerprint density at radius 1 is 1.16 bits per heavy atom. The topological polar surface area (TPSA) is 96.7 Å². The Morgan fingerprint density at radius 3 is 2.68 bits per heavy atom. The maximum Gasteiger partial charge on any atom is 0.248 e. The van der Waals surface area contributed by atoms with E-state index >= 15 is 0 Å². The van der Waals surface area contributed by atoms with Crippen LogP contribution in [-0.4, -0.2) is 26.2 Å². The van der Waals surface area contributed by atoms with Gasteiger partial charge in [0.05, 0.1) is 5.69 Å². The van der Waals surface area contributed by atoms with Gasteiger partial charge in [-0.05, 0) is 32.3 Å². The van der Waals surface area contributed by atoms with Crippen LogP contribution in [0.1, 0.15) is 34.8 Å². The molecular formula is C18H21N5O2. The highest BCUT2D eigenvalue weighted by molar-refractivity contribution is 5.89. The summed E-state index contributed by atoms with van der Waals surface area (Å²) in [5, 5.41) is 13.5. The average molecular weight is 339 g/mol. The molecule has 0 atom stereocenters. The first-order chi connectivity index (χ1) is 12.1. The molecule has 130 valence electrons. The zero-order valence-electron chi connectivity index (χ0n) is 14.4. The molecule has 1 aromatic carbocycles. The molecule has 2 N–H and O–H groups in total. The molecule has 2 heterocycles. The number of carbonyl (C=O) groups is 1. The van der Waals surface area contributed by atoms with Crippen molar-refractivity contribution in [2.75, 3.05) is 5.32 Å². The molecule has 2 aromatic heterocycles. The van der Waals surface area contributed by atoms with Crippen molar-refractivity contribution in [3.63, 3.8) is 0 Å². The quantitative estimate of drug-likeness (QED) is 0.690. The van der Waals surface area contributed by atoms with Crippen LogP contribution >= 0.6 is 0 Å².